The van der Waals surface area contributed by atoms with E-state index < -0.39 is 4.92 Å². The van der Waals surface area contributed by atoms with Gasteiger partial charge in [0.25, 0.3) is 0 Å². The molecule has 0 aliphatic heterocycles. The summed E-state index contributed by atoms with van der Waals surface area (Å²) in [6.07, 6.45) is 4.46. The highest BCUT2D eigenvalue weighted by atomic mass is 16.6. The molecule has 0 aliphatic carbocycles. The van der Waals surface area contributed by atoms with Crippen LogP contribution in [0.15, 0.2) is 42.5 Å². The largest absolute Gasteiger partial charge is 0.487 e. The Bertz CT molecular complexity index is 963. The molecule has 0 amide bonds. The summed E-state index contributed by atoms with van der Waals surface area (Å²) >= 11 is 0. The van der Waals surface area contributed by atoms with Gasteiger partial charge < -0.3 is 9.64 Å². The molecule has 0 aliphatic rings. The number of hydrogen-bond acceptors (Lipinski definition) is 5. The van der Waals surface area contributed by atoms with E-state index in [1.54, 1.807) is 12.1 Å². The van der Waals surface area contributed by atoms with Crippen molar-refractivity contribution in [2.45, 2.75) is 6.42 Å². The van der Waals surface area contributed by atoms with Gasteiger partial charge in [-0.2, -0.15) is 5.10 Å². The third-order valence-electron chi connectivity index (χ3n) is 4.12. The van der Waals surface area contributed by atoms with Crippen LogP contribution >= 0.6 is 0 Å². The van der Waals surface area contributed by atoms with Crippen molar-refractivity contribution in [1.29, 1.82) is 0 Å². The van der Waals surface area contributed by atoms with E-state index in [1.807, 2.05) is 55.4 Å². The molecule has 0 bridgehead atoms. The van der Waals surface area contributed by atoms with Gasteiger partial charge in [-0.3, -0.25) is 15.2 Å². The number of H-pyrrole nitrogens is 1. The molecule has 0 unspecified atom stereocenters. The number of rotatable bonds is 8. The molecule has 0 saturated heterocycles. The van der Waals surface area contributed by atoms with Gasteiger partial charge >= 0.3 is 5.69 Å². The van der Waals surface area contributed by atoms with Crippen LogP contribution in [0.2, 0.25) is 0 Å². The Balaban J connectivity index is 1.76. The highest BCUT2D eigenvalue weighted by Gasteiger charge is 2.15. The number of para-hydroxylation sites is 1. The van der Waals surface area contributed by atoms with E-state index in [-0.39, 0.29) is 5.69 Å². The molecule has 140 valence electrons. The molecule has 0 atom stereocenters. The van der Waals surface area contributed by atoms with Crippen LogP contribution in [0.3, 0.4) is 0 Å². The zero-order valence-electron chi connectivity index (χ0n) is 15.4. The van der Waals surface area contributed by atoms with Crippen LogP contribution in [0.1, 0.15) is 17.7 Å². The van der Waals surface area contributed by atoms with Gasteiger partial charge in [0, 0.05) is 18.0 Å². The second-order valence-corrected chi connectivity index (χ2v) is 6.48. The summed E-state index contributed by atoms with van der Waals surface area (Å²) in [5.74, 6) is 0.293. The number of nitrogens with one attached hydrogen (secondary N) is 1. The number of aromatic amines is 1. The molecule has 3 aromatic rings. The summed E-state index contributed by atoms with van der Waals surface area (Å²) in [6, 6.07) is 12.8. The monoisotopic (exact) mass is 366 g/mol. The minimum Gasteiger partial charge on any atom is -0.487 e. The minimum atomic E-state index is -0.414. The summed E-state index contributed by atoms with van der Waals surface area (Å²) < 4.78 is 5.60. The van der Waals surface area contributed by atoms with Crippen LogP contribution in [-0.2, 0) is 0 Å². The number of nitro groups is 1. The van der Waals surface area contributed by atoms with Gasteiger partial charge in [-0.1, -0.05) is 30.3 Å². The first kappa shape index (κ1) is 18.6. The highest BCUT2D eigenvalue weighted by molar-refractivity contribution is 5.89. The molecule has 0 saturated carbocycles. The van der Waals surface area contributed by atoms with Crippen molar-refractivity contribution in [3.05, 3.63) is 63.8 Å². The zero-order valence-corrected chi connectivity index (χ0v) is 15.4. The Kier molecular flexibility index (Phi) is 5.83. The van der Waals surface area contributed by atoms with Crippen LogP contribution in [-0.4, -0.2) is 47.3 Å². The molecule has 0 spiro atoms. The van der Waals surface area contributed by atoms with Crippen LogP contribution < -0.4 is 4.74 Å². The fraction of sp³-hybridized carbons (Fsp3) is 0.250. The van der Waals surface area contributed by atoms with Crippen molar-refractivity contribution < 1.29 is 9.66 Å². The molecule has 7 nitrogen and oxygen atoms in total. The maximum absolute atomic E-state index is 11.4. The van der Waals surface area contributed by atoms with Crippen molar-refractivity contribution in [3.63, 3.8) is 0 Å². The van der Waals surface area contributed by atoms with E-state index in [1.165, 1.54) is 6.07 Å². The number of benzene rings is 2. The molecule has 1 N–H and O–H groups in total. The fourth-order valence-corrected chi connectivity index (χ4v) is 2.75. The zero-order chi connectivity index (χ0) is 19.2. The molecule has 7 heteroatoms. The van der Waals surface area contributed by atoms with E-state index in [0.29, 0.717) is 12.4 Å². The first-order valence-corrected chi connectivity index (χ1v) is 8.72. The highest BCUT2D eigenvalue weighted by Crippen LogP contribution is 2.29. The Hall–Kier alpha value is -3.19. The molecule has 27 heavy (non-hydrogen) atoms. The van der Waals surface area contributed by atoms with Crippen molar-refractivity contribution in [2.24, 2.45) is 0 Å². The molecule has 3 rings (SSSR count). The predicted molar refractivity (Wildman–Crippen MR) is 107 cm³/mol. The number of aromatic nitrogens is 2. The number of fused-ring (bicyclic) bond motifs is 1. The van der Waals surface area contributed by atoms with E-state index in [9.17, 15) is 10.1 Å². The fourth-order valence-electron chi connectivity index (χ4n) is 2.75. The second-order valence-electron chi connectivity index (χ2n) is 6.48. The summed E-state index contributed by atoms with van der Waals surface area (Å²) in [6.45, 7) is 1.31. The van der Waals surface area contributed by atoms with E-state index in [0.717, 1.165) is 35.1 Å². The SMILES string of the molecule is CN(C)CCCOc1ccc(/C=C/c2n[nH]c3ccccc23)cc1[N+](=O)[O-]. The third kappa shape index (κ3) is 4.71. The summed E-state index contributed by atoms with van der Waals surface area (Å²) in [7, 11) is 3.96. The standard InChI is InChI=1S/C20H22N4O3/c1-23(2)12-5-13-27-20-11-9-15(14-19(20)24(25)26)8-10-18-16-6-3-4-7-17(16)21-22-18/h3-4,6-11,14H,5,12-13H2,1-2H3,(H,21,22)/b10-8+. The first-order valence-electron chi connectivity index (χ1n) is 8.72. The average molecular weight is 366 g/mol. The first-order chi connectivity index (χ1) is 13.0. The Morgan fingerprint density at radius 3 is 2.81 bits per heavy atom. The number of ether oxygens (including phenoxy) is 1. The van der Waals surface area contributed by atoms with Gasteiger partial charge in [0.15, 0.2) is 5.75 Å². The number of hydrogen-bond donors (Lipinski definition) is 1. The second kappa shape index (κ2) is 8.46. The van der Waals surface area contributed by atoms with Crippen molar-refractivity contribution >= 4 is 28.7 Å². The Morgan fingerprint density at radius 2 is 2.04 bits per heavy atom. The van der Waals surface area contributed by atoms with E-state index in [4.69, 9.17) is 4.74 Å². The molecular weight excluding hydrogens is 344 g/mol. The lowest BCUT2D eigenvalue weighted by atomic mass is 10.1. The lowest BCUT2D eigenvalue weighted by Crippen LogP contribution is -2.15. The van der Waals surface area contributed by atoms with Gasteiger partial charge in [0.05, 0.1) is 22.7 Å². The maximum Gasteiger partial charge on any atom is 0.311 e. The topological polar surface area (TPSA) is 84.3 Å². The normalized spacial score (nSPS) is 11.5. The predicted octanol–water partition coefficient (Wildman–Crippen LogP) is 3.97. The number of nitrogens with zero attached hydrogens (tertiary/aromatic N) is 3. The minimum absolute atomic E-state index is 0.0334. The van der Waals surface area contributed by atoms with Crippen LogP contribution in [0.25, 0.3) is 23.1 Å². The maximum atomic E-state index is 11.4. The van der Waals surface area contributed by atoms with Crippen LogP contribution in [0, 0.1) is 10.1 Å². The van der Waals surface area contributed by atoms with Crippen molar-refractivity contribution in [1.82, 2.24) is 15.1 Å². The average Bonchev–Trinajstić information content (AvgIpc) is 3.07. The molecule has 0 radical (unpaired) electrons. The van der Waals surface area contributed by atoms with E-state index in [2.05, 4.69) is 10.2 Å². The van der Waals surface area contributed by atoms with Crippen LogP contribution in [0.4, 0.5) is 5.69 Å². The van der Waals surface area contributed by atoms with Gasteiger partial charge in [-0.15, -0.1) is 0 Å². The third-order valence-corrected chi connectivity index (χ3v) is 4.12. The lowest BCUT2D eigenvalue weighted by Gasteiger charge is -2.10. The van der Waals surface area contributed by atoms with Gasteiger partial charge in [-0.05, 0) is 44.3 Å². The summed E-state index contributed by atoms with van der Waals surface area (Å²) in [5.41, 5.74) is 2.42. The Morgan fingerprint density at radius 1 is 1.22 bits per heavy atom. The molecule has 1 aromatic heterocycles. The van der Waals surface area contributed by atoms with Crippen LogP contribution in [0.5, 0.6) is 5.75 Å². The van der Waals surface area contributed by atoms with Crippen molar-refractivity contribution in [3.8, 4) is 5.75 Å². The smallest absolute Gasteiger partial charge is 0.311 e. The molecule has 1 heterocycles. The number of nitro benzene ring substituents is 1. The summed E-state index contributed by atoms with van der Waals surface area (Å²) in [4.78, 5) is 13.0. The van der Waals surface area contributed by atoms with Gasteiger partial charge in [0.1, 0.15) is 0 Å². The Labute approximate surface area is 157 Å². The van der Waals surface area contributed by atoms with E-state index >= 15 is 0 Å². The molecular formula is C20H22N4O3. The quantitative estimate of drug-likeness (QED) is 0.370. The molecule has 2 aromatic carbocycles. The van der Waals surface area contributed by atoms with Gasteiger partial charge in [0.2, 0.25) is 0 Å². The lowest BCUT2D eigenvalue weighted by molar-refractivity contribution is -0.385. The molecule has 0 fully saturated rings. The van der Waals surface area contributed by atoms with Gasteiger partial charge in [-0.25, -0.2) is 0 Å². The summed E-state index contributed by atoms with van der Waals surface area (Å²) in [5, 5.41) is 19.6. The van der Waals surface area contributed by atoms with Crippen molar-refractivity contribution in [2.75, 3.05) is 27.2 Å².